The molecule has 1 aliphatic heterocycles. The van der Waals surface area contributed by atoms with Gasteiger partial charge in [-0.25, -0.2) is 9.97 Å². The SMILES string of the molecule is COC(O)C1CN(C(=O)[C@@H](N)Cc2ccc(-c3ncc(-c4ccc(OCCCC(C)C)cc4)cn3)cc2)C1. The number of ether oxygens (including phenoxy) is 2. The van der Waals surface area contributed by atoms with E-state index < -0.39 is 12.3 Å². The van der Waals surface area contributed by atoms with Crippen molar-refractivity contribution in [3.63, 3.8) is 0 Å². The normalized spacial score (nSPS) is 15.3. The van der Waals surface area contributed by atoms with Gasteiger partial charge in [-0.1, -0.05) is 50.2 Å². The van der Waals surface area contributed by atoms with Crippen LogP contribution in [0.4, 0.5) is 0 Å². The lowest BCUT2D eigenvalue weighted by Crippen LogP contribution is -2.58. The second kappa shape index (κ2) is 13.0. The summed E-state index contributed by atoms with van der Waals surface area (Å²) < 4.78 is 10.7. The van der Waals surface area contributed by atoms with Gasteiger partial charge >= 0.3 is 0 Å². The Kier molecular flexibility index (Phi) is 9.44. The molecule has 0 spiro atoms. The van der Waals surface area contributed by atoms with Crippen molar-refractivity contribution in [1.29, 1.82) is 0 Å². The first-order chi connectivity index (χ1) is 18.3. The maximum absolute atomic E-state index is 12.6. The molecule has 202 valence electrons. The minimum Gasteiger partial charge on any atom is -0.494 e. The van der Waals surface area contributed by atoms with Crippen LogP contribution < -0.4 is 10.5 Å². The zero-order valence-corrected chi connectivity index (χ0v) is 22.4. The van der Waals surface area contributed by atoms with E-state index in [2.05, 4.69) is 23.8 Å². The number of aliphatic hydroxyl groups is 1. The molecule has 2 atom stereocenters. The fraction of sp³-hybridized carbons (Fsp3) is 0.433. The maximum Gasteiger partial charge on any atom is 0.239 e. The number of carbonyl (C=O) groups excluding carboxylic acids is 1. The Morgan fingerprint density at radius 3 is 2.26 bits per heavy atom. The minimum absolute atomic E-state index is 0.0559. The van der Waals surface area contributed by atoms with Gasteiger partial charge in [0.05, 0.1) is 12.6 Å². The van der Waals surface area contributed by atoms with Gasteiger partial charge in [-0.05, 0) is 48.4 Å². The van der Waals surface area contributed by atoms with Gasteiger partial charge in [-0.2, -0.15) is 0 Å². The lowest BCUT2D eigenvalue weighted by molar-refractivity contribution is -0.165. The van der Waals surface area contributed by atoms with Crippen molar-refractivity contribution < 1.29 is 19.4 Å². The van der Waals surface area contributed by atoms with E-state index in [1.165, 1.54) is 13.5 Å². The fourth-order valence-corrected chi connectivity index (χ4v) is 4.48. The molecule has 0 radical (unpaired) electrons. The predicted molar refractivity (Wildman–Crippen MR) is 147 cm³/mol. The maximum atomic E-state index is 12.6. The molecule has 2 heterocycles. The summed E-state index contributed by atoms with van der Waals surface area (Å²) in [7, 11) is 1.45. The summed E-state index contributed by atoms with van der Waals surface area (Å²) in [5.74, 6) is 2.03. The Balaban J connectivity index is 1.28. The number of likely N-dealkylation sites (tertiary alicyclic amines) is 1. The number of benzene rings is 2. The number of hydrogen-bond donors (Lipinski definition) is 2. The number of nitrogens with two attached hydrogens (primary N) is 1. The van der Waals surface area contributed by atoms with Gasteiger partial charge < -0.3 is 25.2 Å². The Bertz CT molecular complexity index is 1160. The van der Waals surface area contributed by atoms with Crippen LogP contribution in [-0.4, -0.2) is 65.0 Å². The summed E-state index contributed by atoms with van der Waals surface area (Å²) in [6, 6.07) is 15.2. The molecule has 1 amide bonds. The number of aromatic nitrogens is 2. The average Bonchev–Trinajstić information content (AvgIpc) is 2.91. The molecular formula is C30H38N4O4. The van der Waals surface area contributed by atoms with Gasteiger partial charge in [-0.15, -0.1) is 0 Å². The molecule has 1 aliphatic rings. The Hall–Kier alpha value is -3.33. The second-order valence-electron chi connectivity index (χ2n) is 10.3. The van der Waals surface area contributed by atoms with E-state index in [0.29, 0.717) is 31.3 Å². The van der Waals surface area contributed by atoms with Gasteiger partial charge in [-0.3, -0.25) is 4.79 Å². The topological polar surface area (TPSA) is 111 Å². The van der Waals surface area contributed by atoms with Crippen molar-refractivity contribution in [2.75, 3.05) is 26.8 Å². The summed E-state index contributed by atoms with van der Waals surface area (Å²) >= 11 is 0. The van der Waals surface area contributed by atoms with E-state index in [9.17, 15) is 9.90 Å². The molecule has 0 aliphatic carbocycles. The van der Waals surface area contributed by atoms with Crippen LogP contribution in [0, 0.1) is 11.8 Å². The van der Waals surface area contributed by atoms with Gasteiger partial charge in [0.15, 0.2) is 12.1 Å². The minimum atomic E-state index is -0.844. The second-order valence-corrected chi connectivity index (χ2v) is 10.3. The van der Waals surface area contributed by atoms with Crippen LogP contribution in [0.2, 0.25) is 0 Å². The van der Waals surface area contributed by atoms with Crippen molar-refractivity contribution in [2.24, 2.45) is 17.6 Å². The number of nitrogens with zero attached hydrogens (tertiary/aromatic N) is 3. The van der Waals surface area contributed by atoms with E-state index in [4.69, 9.17) is 15.2 Å². The first-order valence-corrected chi connectivity index (χ1v) is 13.2. The lowest BCUT2D eigenvalue weighted by Gasteiger charge is -2.42. The molecule has 1 aromatic heterocycles. The quantitative estimate of drug-likeness (QED) is 0.276. The largest absolute Gasteiger partial charge is 0.494 e. The molecule has 4 rings (SSSR count). The van der Waals surface area contributed by atoms with Crippen LogP contribution >= 0.6 is 0 Å². The van der Waals surface area contributed by atoms with E-state index in [-0.39, 0.29) is 11.8 Å². The molecule has 1 fully saturated rings. The van der Waals surface area contributed by atoms with Crippen molar-refractivity contribution in [2.45, 2.75) is 45.4 Å². The Morgan fingerprint density at radius 1 is 1.03 bits per heavy atom. The smallest absolute Gasteiger partial charge is 0.239 e. The molecule has 8 nitrogen and oxygen atoms in total. The fourth-order valence-electron chi connectivity index (χ4n) is 4.48. The van der Waals surface area contributed by atoms with Crippen LogP contribution in [-0.2, 0) is 16.0 Å². The number of amides is 1. The third kappa shape index (κ3) is 7.16. The zero-order chi connectivity index (χ0) is 27.1. The Morgan fingerprint density at radius 2 is 1.66 bits per heavy atom. The van der Waals surface area contributed by atoms with Gasteiger partial charge in [0.2, 0.25) is 5.91 Å². The molecular weight excluding hydrogens is 480 g/mol. The standard InChI is InChI=1S/C30H38N4O4/c1-20(2)5-4-14-38-26-12-10-22(11-13-26)24-16-32-28(33-17-24)23-8-6-21(7-9-23)15-27(31)29(35)34-18-25(19-34)30(36)37-3/h6-13,16-17,20,25,27,30,36H,4-5,14-15,18-19,31H2,1-3H3/t27-,30?/m0/s1. The van der Waals surface area contributed by atoms with Gasteiger partial charge in [0, 0.05) is 49.6 Å². The number of aliphatic hydroxyl groups excluding tert-OH is 1. The molecule has 0 saturated carbocycles. The first kappa shape index (κ1) is 27.7. The zero-order valence-electron chi connectivity index (χ0n) is 22.4. The van der Waals surface area contributed by atoms with Gasteiger partial charge in [0.25, 0.3) is 0 Å². The van der Waals surface area contributed by atoms with Crippen molar-refractivity contribution in [1.82, 2.24) is 14.9 Å². The first-order valence-electron chi connectivity index (χ1n) is 13.2. The number of carbonyl (C=O) groups is 1. The summed E-state index contributed by atoms with van der Waals surface area (Å²) in [5, 5.41) is 9.69. The Labute approximate surface area is 224 Å². The van der Waals surface area contributed by atoms with Gasteiger partial charge in [0.1, 0.15) is 5.75 Å². The van der Waals surface area contributed by atoms with Crippen molar-refractivity contribution in [3.05, 3.63) is 66.5 Å². The molecule has 1 saturated heterocycles. The highest BCUT2D eigenvalue weighted by Crippen LogP contribution is 2.24. The average molecular weight is 519 g/mol. The lowest BCUT2D eigenvalue weighted by atomic mass is 9.96. The van der Waals surface area contributed by atoms with E-state index in [1.54, 1.807) is 4.90 Å². The number of methoxy groups -OCH3 is 1. The molecule has 3 N–H and O–H groups in total. The van der Waals surface area contributed by atoms with E-state index in [0.717, 1.165) is 41.0 Å². The molecule has 3 aromatic rings. The summed E-state index contributed by atoms with van der Waals surface area (Å²) in [5.41, 5.74) is 10.00. The van der Waals surface area contributed by atoms with Crippen LogP contribution in [0.1, 0.15) is 32.3 Å². The van der Waals surface area contributed by atoms with Crippen LogP contribution in [0.5, 0.6) is 5.75 Å². The summed E-state index contributed by atoms with van der Waals surface area (Å²) in [6.45, 7) is 6.10. The molecule has 1 unspecified atom stereocenters. The third-order valence-electron chi connectivity index (χ3n) is 6.89. The highest BCUT2D eigenvalue weighted by molar-refractivity contribution is 5.82. The monoisotopic (exact) mass is 518 g/mol. The molecule has 0 bridgehead atoms. The third-order valence-corrected chi connectivity index (χ3v) is 6.89. The highest BCUT2D eigenvalue weighted by Gasteiger charge is 2.37. The number of rotatable bonds is 12. The van der Waals surface area contributed by atoms with Crippen LogP contribution in [0.15, 0.2) is 60.9 Å². The number of hydrogen-bond acceptors (Lipinski definition) is 7. The molecule has 38 heavy (non-hydrogen) atoms. The highest BCUT2D eigenvalue weighted by atomic mass is 16.6. The van der Waals surface area contributed by atoms with Crippen molar-refractivity contribution >= 4 is 5.91 Å². The molecule has 8 heteroatoms. The van der Waals surface area contributed by atoms with E-state index in [1.807, 2.05) is 60.9 Å². The molecule has 2 aromatic carbocycles. The summed E-state index contributed by atoms with van der Waals surface area (Å²) in [6.07, 6.45) is 5.46. The summed E-state index contributed by atoms with van der Waals surface area (Å²) in [4.78, 5) is 23.3. The van der Waals surface area contributed by atoms with E-state index >= 15 is 0 Å². The predicted octanol–water partition coefficient (Wildman–Crippen LogP) is 3.92. The van der Waals surface area contributed by atoms with Crippen molar-refractivity contribution in [3.8, 4) is 28.3 Å². The van der Waals surface area contributed by atoms with Crippen LogP contribution in [0.3, 0.4) is 0 Å². The van der Waals surface area contributed by atoms with Crippen LogP contribution in [0.25, 0.3) is 22.5 Å².